The fourth-order valence-electron chi connectivity index (χ4n) is 6.34. The van der Waals surface area contributed by atoms with Crippen molar-refractivity contribution in [2.24, 2.45) is 11.5 Å². The maximum Gasteiger partial charge on any atom is 0.337 e. The summed E-state index contributed by atoms with van der Waals surface area (Å²) in [7, 11) is -3.69. The lowest BCUT2D eigenvalue weighted by Crippen LogP contribution is -2.59. The molecule has 4 rings (SSSR count). The molecule has 2 aliphatic heterocycles. The lowest BCUT2D eigenvalue weighted by molar-refractivity contribution is -0.154. The number of carboxylic acids is 1. The topological polar surface area (TPSA) is 183 Å². The number of carboxylic acid groups (broad SMARTS) is 1. The Morgan fingerprint density at radius 1 is 1.02 bits per heavy atom. The molecular weight excluding hydrogens is 555 g/mol. The summed E-state index contributed by atoms with van der Waals surface area (Å²) in [4.78, 5) is 43.7. The minimum absolute atomic E-state index is 0.0330. The molecule has 42 heavy (non-hydrogen) atoms. The standard InChI is InChI=1S/C30H41N6O5P/c31-24(14-7-17-34-29(32)33)26(37)35-18-8-15-25(35)27(38)36-19-9-16-30(36,28(39)40)42(41,20-22-10-3-1-4-11-22)21-23-12-5-2-6-13-23/h1-6,10-13,24-25H,7-9,14-21,31H2,(H,39,40)(H4,32,33,34)/t24-,25-,30+/m0/s1. The summed E-state index contributed by atoms with van der Waals surface area (Å²) in [6.45, 7) is 0.889. The van der Waals surface area contributed by atoms with Crippen LogP contribution in [0.2, 0.25) is 0 Å². The van der Waals surface area contributed by atoms with E-state index in [-0.39, 0.29) is 37.2 Å². The van der Waals surface area contributed by atoms with Crippen LogP contribution in [-0.4, -0.2) is 75.6 Å². The highest BCUT2D eigenvalue weighted by molar-refractivity contribution is 7.65. The van der Waals surface area contributed by atoms with Gasteiger partial charge in [-0.2, -0.15) is 0 Å². The number of nitrogens with one attached hydrogen (secondary N) is 2. The van der Waals surface area contributed by atoms with E-state index in [4.69, 9.17) is 16.9 Å². The molecular formula is C30H41N6O5P. The van der Waals surface area contributed by atoms with Gasteiger partial charge in [-0.25, -0.2) is 4.79 Å². The molecule has 2 saturated heterocycles. The summed E-state index contributed by atoms with van der Waals surface area (Å²) >= 11 is 0. The Hall–Kier alpha value is -3.69. The van der Waals surface area contributed by atoms with Gasteiger partial charge in [0.05, 0.1) is 6.04 Å². The van der Waals surface area contributed by atoms with Crippen molar-refractivity contribution >= 4 is 30.9 Å². The summed E-state index contributed by atoms with van der Waals surface area (Å²) in [5.41, 5.74) is 13.0. The molecule has 11 nitrogen and oxygen atoms in total. The highest BCUT2D eigenvalue weighted by atomic mass is 31.2. The van der Waals surface area contributed by atoms with Crippen LogP contribution < -0.4 is 16.8 Å². The van der Waals surface area contributed by atoms with Crippen LogP contribution in [-0.2, 0) is 31.3 Å². The maximum atomic E-state index is 15.3. The van der Waals surface area contributed by atoms with Gasteiger partial charge < -0.3 is 36.3 Å². The summed E-state index contributed by atoms with van der Waals surface area (Å²) in [6.07, 6.45) is 2.36. The van der Waals surface area contributed by atoms with Gasteiger partial charge in [-0.15, -0.1) is 0 Å². The molecule has 2 aliphatic rings. The number of likely N-dealkylation sites (tertiary alicyclic amines) is 2. The molecule has 0 aliphatic carbocycles. The number of nitrogens with two attached hydrogens (primary N) is 2. The fraction of sp³-hybridized carbons (Fsp3) is 0.467. The summed E-state index contributed by atoms with van der Waals surface area (Å²) in [5.74, 6) is -2.28. The van der Waals surface area contributed by atoms with E-state index in [0.717, 1.165) is 11.1 Å². The van der Waals surface area contributed by atoms with Crippen LogP contribution in [0.5, 0.6) is 0 Å². The van der Waals surface area contributed by atoms with Crippen LogP contribution in [0.15, 0.2) is 60.7 Å². The molecule has 0 aromatic heterocycles. The number of amides is 2. The van der Waals surface area contributed by atoms with E-state index in [9.17, 15) is 19.5 Å². The van der Waals surface area contributed by atoms with Crippen molar-refractivity contribution in [2.45, 2.75) is 68.2 Å². The molecule has 2 aromatic rings. The second-order valence-electron chi connectivity index (χ2n) is 11.2. The summed E-state index contributed by atoms with van der Waals surface area (Å²) in [6, 6.07) is 16.6. The fourth-order valence-corrected chi connectivity index (χ4v) is 10.1. The molecule has 0 saturated carbocycles. The van der Waals surface area contributed by atoms with E-state index in [1.807, 2.05) is 60.7 Å². The average Bonchev–Trinajstić information content (AvgIpc) is 3.64. The smallest absolute Gasteiger partial charge is 0.337 e. The quantitative estimate of drug-likeness (QED) is 0.107. The molecule has 0 bridgehead atoms. The minimum atomic E-state index is -3.69. The van der Waals surface area contributed by atoms with Crippen LogP contribution in [0, 0.1) is 5.41 Å². The first-order valence-electron chi connectivity index (χ1n) is 14.4. The largest absolute Gasteiger partial charge is 0.479 e. The first-order chi connectivity index (χ1) is 20.1. The molecule has 2 fully saturated rings. The molecule has 12 heteroatoms. The lowest BCUT2D eigenvalue weighted by Gasteiger charge is -2.43. The first-order valence-corrected chi connectivity index (χ1v) is 16.5. The Labute approximate surface area is 246 Å². The Kier molecular flexibility index (Phi) is 10.1. The predicted octanol–water partition coefficient (Wildman–Crippen LogP) is 2.73. The van der Waals surface area contributed by atoms with E-state index in [0.29, 0.717) is 45.2 Å². The van der Waals surface area contributed by atoms with Crippen LogP contribution in [0.4, 0.5) is 0 Å². The number of hydrogen-bond acceptors (Lipinski definition) is 6. The Morgan fingerprint density at radius 3 is 2.17 bits per heavy atom. The summed E-state index contributed by atoms with van der Waals surface area (Å²) < 4.78 is 15.3. The zero-order valence-corrected chi connectivity index (χ0v) is 24.7. The number of aliphatic carboxylic acids is 1. The first kappa shape index (κ1) is 31.3. The van der Waals surface area contributed by atoms with Crippen molar-refractivity contribution in [3.05, 3.63) is 71.8 Å². The number of carbonyl (C=O) groups excluding carboxylic acids is 2. The molecule has 0 radical (unpaired) electrons. The van der Waals surface area contributed by atoms with Gasteiger partial charge in [0, 0.05) is 32.0 Å². The molecule has 226 valence electrons. The van der Waals surface area contributed by atoms with Crippen molar-refractivity contribution in [2.75, 3.05) is 19.6 Å². The maximum absolute atomic E-state index is 15.3. The second-order valence-corrected chi connectivity index (χ2v) is 14.3. The van der Waals surface area contributed by atoms with Crippen LogP contribution in [0.1, 0.15) is 49.7 Å². The van der Waals surface area contributed by atoms with Gasteiger partial charge >= 0.3 is 5.97 Å². The normalized spacial score (nSPS) is 21.2. The van der Waals surface area contributed by atoms with Crippen molar-refractivity contribution in [3.8, 4) is 0 Å². The summed E-state index contributed by atoms with van der Waals surface area (Å²) in [5, 5.41) is 18.9. The van der Waals surface area contributed by atoms with E-state index in [1.54, 1.807) is 0 Å². The van der Waals surface area contributed by atoms with E-state index in [1.165, 1.54) is 9.80 Å². The second kappa shape index (κ2) is 13.5. The molecule has 3 atom stereocenters. The van der Waals surface area contributed by atoms with Gasteiger partial charge in [0.1, 0.15) is 13.2 Å². The molecule has 2 heterocycles. The number of nitrogens with zero attached hydrogens (tertiary/aromatic N) is 2. The van der Waals surface area contributed by atoms with Gasteiger partial charge in [0.2, 0.25) is 11.8 Å². The van der Waals surface area contributed by atoms with E-state index < -0.39 is 36.4 Å². The van der Waals surface area contributed by atoms with Gasteiger partial charge in [-0.3, -0.25) is 15.0 Å². The molecule has 2 amide bonds. The third kappa shape index (κ3) is 6.52. The highest BCUT2D eigenvalue weighted by Gasteiger charge is 2.62. The van der Waals surface area contributed by atoms with Crippen molar-refractivity contribution < 1.29 is 24.1 Å². The van der Waals surface area contributed by atoms with Crippen LogP contribution >= 0.6 is 7.14 Å². The Bertz CT molecular complexity index is 1280. The predicted molar refractivity (Wildman–Crippen MR) is 161 cm³/mol. The number of rotatable bonds is 12. The Morgan fingerprint density at radius 2 is 1.62 bits per heavy atom. The number of carbonyl (C=O) groups is 3. The molecule has 0 spiro atoms. The zero-order chi connectivity index (χ0) is 30.3. The molecule has 2 aromatic carbocycles. The van der Waals surface area contributed by atoms with Crippen LogP contribution in [0.25, 0.3) is 0 Å². The highest BCUT2D eigenvalue weighted by Crippen LogP contribution is 2.67. The minimum Gasteiger partial charge on any atom is -0.479 e. The zero-order valence-electron chi connectivity index (χ0n) is 23.8. The number of benzene rings is 2. The van der Waals surface area contributed by atoms with Gasteiger partial charge in [0.15, 0.2) is 11.2 Å². The number of guanidine groups is 1. The SMILES string of the molecule is N=C(N)NCCC[C@H](N)C(=O)N1CCC[C@H]1C(=O)N1CCC[C@]1(C(=O)O)P(=O)(Cc1ccccc1)Cc1ccccc1. The average molecular weight is 597 g/mol. The number of hydrogen-bond donors (Lipinski definition) is 5. The lowest BCUT2D eigenvalue weighted by atomic mass is 10.1. The third-order valence-electron chi connectivity index (χ3n) is 8.34. The third-order valence-corrected chi connectivity index (χ3v) is 12.1. The van der Waals surface area contributed by atoms with Crippen LogP contribution in [0.3, 0.4) is 0 Å². The van der Waals surface area contributed by atoms with Crippen molar-refractivity contribution in [3.63, 3.8) is 0 Å². The van der Waals surface area contributed by atoms with Gasteiger partial charge in [-0.05, 0) is 49.7 Å². The van der Waals surface area contributed by atoms with Gasteiger partial charge in [-0.1, -0.05) is 60.7 Å². The van der Waals surface area contributed by atoms with E-state index in [2.05, 4.69) is 5.32 Å². The van der Waals surface area contributed by atoms with Crippen molar-refractivity contribution in [1.82, 2.24) is 15.1 Å². The van der Waals surface area contributed by atoms with E-state index >= 15 is 4.57 Å². The molecule has 7 N–H and O–H groups in total. The monoisotopic (exact) mass is 596 g/mol. The van der Waals surface area contributed by atoms with Gasteiger partial charge in [0.25, 0.3) is 0 Å². The van der Waals surface area contributed by atoms with Crippen molar-refractivity contribution in [1.29, 1.82) is 5.41 Å². The Balaban J connectivity index is 1.63. The molecule has 0 unspecified atom stereocenters.